The van der Waals surface area contributed by atoms with Crippen LogP contribution in [-0.4, -0.2) is 12.0 Å². The fourth-order valence-electron chi connectivity index (χ4n) is 1.73. The van der Waals surface area contributed by atoms with Crippen LogP contribution < -0.4 is 5.32 Å². The normalized spacial score (nSPS) is 12.4. The minimum absolute atomic E-state index is 0.158. The molecule has 2 aromatic rings. The van der Waals surface area contributed by atoms with Crippen LogP contribution in [-0.2, 0) is 0 Å². The van der Waals surface area contributed by atoms with E-state index in [1.54, 1.807) is 6.20 Å². The molecular formula is C13H13ClN2. The minimum atomic E-state index is 0.158. The van der Waals surface area contributed by atoms with Gasteiger partial charge in [0.1, 0.15) is 0 Å². The van der Waals surface area contributed by atoms with Crippen molar-refractivity contribution in [2.45, 2.75) is 6.04 Å². The lowest BCUT2D eigenvalue weighted by atomic mass is 10.0. The van der Waals surface area contributed by atoms with Gasteiger partial charge in [-0.3, -0.25) is 4.98 Å². The third-order valence-electron chi connectivity index (χ3n) is 2.51. The molecule has 0 amide bonds. The highest BCUT2D eigenvalue weighted by atomic mass is 35.5. The SMILES string of the molecule is CN[C@@H](c1ccc(Cl)cc1)c1cccnc1. The van der Waals surface area contributed by atoms with Gasteiger partial charge in [0.25, 0.3) is 0 Å². The first-order valence-corrected chi connectivity index (χ1v) is 5.51. The van der Waals surface area contributed by atoms with Crippen molar-refractivity contribution >= 4 is 11.6 Å². The van der Waals surface area contributed by atoms with E-state index in [1.807, 2.05) is 43.6 Å². The first-order valence-electron chi connectivity index (χ1n) is 5.14. The molecule has 82 valence electrons. The standard InChI is InChI=1S/C13H13ClN2/c1-15-13(11-3-2-8-16-9-11)10-4-6-12(14)7-5-10/h2-9,13,15H,1H3/t13-/m0/s1. The molecule has 0 saturated heterocycles. The lowest BCUT2D eigenvalue weighted by Gasteiger charge is -2.16. The van der Waals surface area contributed by atoms with E-state index >= 15 is 0 Å². The predicted octanol–water partition coefficient (Wildman–Crippen LogP) is 3.04. The summed E-state index contributed by atoms with van der Waals surface area (Å²) in [5.41, 5.74) is 2.33. The second-order valence-corrected chi connectivity index (χ2v) is 4.00. The second kappa shape index (κ2) is 5.10. The van der Waals surface area contributed by atoms with Crippen molar-refractivity contribution in [3.63, 3.8) is 0 Å². The fraction of sp³-hybridized carbons (Fsp3) is 0.154. The van der Waals surface area contributed by atoms with Crippen LogP contribution in [0.1, 0.15) is 17.2 Å². The average Bonchev–Trinajstić information content (AvgIpc) is 2.34. The number of halogens is 1. The monoisotopic (exact) mass is 232 g/mol. The van der Waals surface area contributed by atoms with E-state index in [-0.39, 0.29) is 6.04 Å². The summed E-state index contributed by atoms with van der Waals surface area (Å²) >= 11 is 5.87. The highest BCUT2D eigenvalue weighted by molar-refractivity contribution is 6.30. The molecule has 1 heterocycles. The van der Waals surface area contributed by atoms with Gasteiger partial charge in [0, 0.05) is 17.4 Å². The summed E-state index contributed by atoms with van der Waals surface area (Å²) in [6.45, 7) is 0. The van der Waals surface area contributed by atoms with Crippen LogP contribution in [0.15, 0.2) is 48.8 Å². The van der Waals surface area contributed by atoms with Crippen molar-refractivity contribution in [2.24, 2.45) is 0 Å². The Balaban J connectivity index is 2.33. The molecule has 3 heteroatoms. The molecule has 2 rings (SSSR count). The van der Waals surface area contributed by atoms with Crippen LogP contribution in [0.4, 0.5) is 0 Å². The van der Waals surface area contributed by atoms with Gasteiger partial charge in [-0.25, -0.2) is 0 Å². The van der Waals surface area contributed by atoms with Crippen LogP contribution in [0.3, 0.4) is 0 Å². The number of hydrogen-bond acceptors (Lipinski definition) is 2. The van der Waals surface area contributed by atoms with Gasteiger partial charge in [0.05, 0.1) is 6.04 Å². The van der Waals surface area contributed by atoms with E-state index in [9.17, 15) is 0 Å². The number of aromatic nitrogens is 1. The van der Waals surface area contributed by atoms with E-state index in [0.717, 1.165) is 10.6 Å². The number of hydrogen-bond donors (Lipinski definition) is 1. The van der Waals surface area contributed by atoms with Gasteiger partial charge in [0.15, 0.2) is 0 Å². The molecule has 0 spiro atoms. The summed E-state index contributed by atoms with van der Waals surface area (Å²) in [5, 5.41) is 4.03. The van der Waals surface area contributed by atoms with Crippen molar-refractivity contribution in [3.8, 4) is 0 Å². The van der Waals surface area contributed by atoms with Crippen molar-refractivity contribution in [1.82, 2.24) is 10.3 Å². The van der Waals surface area contributed by atoms with Crippen LogP contribution in [0.25, 0.3) is 0 Å². The molecule has 1 N–H and O–H groups in total. The van der Waals surface area contributed by atoms with Crippen LogP contribution in [0.2, 0.25) is 5.02 Å². The number of nitrogens with zero attached hydrogens (tertiary/aromatic N) is 1. The van der Waals surface area contributed by atoms with Crippen LogP contribution in [0, 0.1) is 0 Å². The maximum atomic E-state index is 5.87. The largest absolute Gasteiger partial charge is 0.309 e. The predicted molar refractivity (Wildman–Crippen MR) is 66.6 cm³/mol. The van der Waals surface area contributed by atoms with Gasteiger partial charge in [-0.15, -0.1) is 0 Å². The summed E-state index contributed by atoms with van der Waals surface area (Å²) < 4.78 is 0. The van der Waals surface area contributed by atoms with Crippen LogP contribution in [0.5, 0.6) is 0 Å². The zero-order valence-electron chi connectivity index (χ0n) is 9.02. The Morgan fingerprint density at radius 3 is 2.44 bits per heavy atom. The van der Waals surface area contributed by atoms with E-state index in [2.05, 4.69) is 16.4 Å². The van der Waals surface area contributed by atoms with E-state index in [4.69, 9.17) is 11.6 Å². The molecule has 16 heavy (non-hydrogen) atoms. The minimum Gasteiger partial charge on any atom is -0.309 e. The molecule has 0 fully saturated rings. The zero-order chi connectivity index (χ0) is 11.4. The molecule has 0 saturated carbocycles. The summed E-state index contributed by atoms with van der Waals surface area (Å²) in [5.74, 6) is 0. The quantitative estimate of drug-likeness (QED) is 0.880. The summed E-state index contributed by atoms with van der Waals surface area (Å²) in [6, 6.07) is 12.0. The molecule has 0 bridgehead atoms. The average molecular weight is 233 g/mol. The number of nitrogens with one attached hydrogen (secondary N) is 1. The molecule has 1 atom stereocenters. The highest BCUT2D eigenvalue weighted by Gasteiger charge is 2.11. The molecule has 0 aliphatic rings. The van der Waals surface area contributed by atoms with Gasteiger partial charge in [-0.2, -0.15) is 0 Å². The summed E-state index contributed by atoms with van der Waals surface area (Å²) in [6.07, 6.45) is 3.65. The molecule has 2 nitrogen and oxygen atoms in total. The molecular weight excluding hydrogens is 220 g/mol. The number of pyridine rings is 1. The molecule has 0 unspecified atom stereocenters. The van der Waals surface area contributed by atoms with Gasteiger partial charge >= 0.3 is 0 Å². The maximum Gasteiger partial charge on any atom is 0.0589 e. The van der Waals surface area contributed by atoms with E-state index in [1.165, 1.54) is 5.56 Å². The zero-order valence-corrected chi connectivity index (χ0v) is 9.78. The van der Waals surface area contributed by atoms with Gasteiger partial charge < -0.3 is 5.32 Å². The molecule has 1 aromatic carbocycles. The van der Waals surface area contributed by atoms with Crippen molar-refractivity contribution in [1.29, 1.82) is 0 Å². The topological polar surface area (TPSA) is 24.9 Å². The van der Waals surface area contributed by atoms with Crippen molar-refractivity contribution in [2.75, 3.05) is 7.05 Å². The third kappa shape index (κ3) is 2.40. The maximum absolute atomic E-state index is 5.87. The highest BCUT2D eigenvalue weighted by Crippen LogP contribution is 2.22. The Bertz CT molecular complexity index is 439. The van der Waals surface area contributed by atoms with Crippen LogP contribution >= 0.6 is 11.6 Å². The molecule has 0 aliphatic carbocycles. The smallest absolute Gasteiger partial charge is 0.0589 e. The Kier molecular flexibility index (Phi) is 3.54. The number of rotatable bonds is 3. The Hall–Kier alpha value is -1.38. The first kappa shape index (κ1) is 11.1. The van der Waals surface area contributed by atoms with E-state index in [0.29, 0.717) is 0 Å². The van der Waals surface area contributed by atoms with Gasteiger partial charge in [0.2, 0.25) is 0 Å². The Morgan fingerprint density at radius 2 is 1.88 bits per heavy atom. The Labute approximate surface area is 100 Å². The summed E-state index contributed by atoms with van der Waals surface area (Å²) in [7, 11) is 1.94. The Morgan fingerprint density at radius 1 is 1.12 bits per heavy atom. The molecule has 1 aromatic heterocycles. The van der Waals surface area contributed by atoms with Crippen molar-refractivity contribution < 1.29 is 0 Å². The summed E-state index contributed by atoms with van der Waals surface area (Å²) in [4.78, 5) is 4.13. The van der Waals surface area contributed by atoms with Gasteiger partial charge in [-0.05, 0) is 36.4 Å². The second-order valence-electron chi connectivity index (χ2n) is 3.56. The molecule has 0 radical (unpaired) electrons. The molecule has 0 aliphatic heterocycles. The van der Waals surface area contributed by atoms with Gasteiger partial charge in [-0.1, -0.05) is 29.8 Å². The lowest BCUT2D eigenvalue weighted by molar-refractivity contribution is 0.689. The number of benzene rings is 1. The van der Waals surface area contributed by atoms with E-state index < -0.39 is 0 Å². The van der Waals surface area contributed by atoms with Crippen molar-refractivity contribution in [3.05, 3.63) is 64.9 Å². The first-order chi connectivity index (χ1) is 7.81. The third-order valence-corrected chi connectivity index (χ3v) is 2.76. The fourth-order valence-corrected chi connectivity index (χ4v) is 1.85. The lowest BCUT2D eigenvalue weighted by Crippen LogP contribution is -2.17.